The highest BCUT2D eigenvalue weighted by Gasteiger charge is 2.31. The van der Waals surface area contributed by atoms with E-state index < -0.39 is 6.10 Å². The van der Waals surface area contributed by atoms with Gasteiger partial charge < -0.3 is 24.6 Å². The Morgan fingerprint density at radius 1 is 1.52 bits per heavy atom. The average Bonchev–Trinajstić information content (AvgIpc) is 3.05. The van der Waals surface area contributed by atoms with Gasteiger partial charge in [-0.15, -0.1) is 0 Å². The summed E-state index contributed by atoms with van der Waals surface area (Å²) in [6.07, 6.45) is 5.94. The topological polar surface area (TPSA) is 69.0 Å². The van der Waals surface area contributed by atoms with Gasteiger partial charge in [0.05, 0.1) is 6.26 Å². The largest absolute Gasteiger partial charge is 0.467 e. The fourth-order valence-electron chi connectivity index (χ4n) is 3.34. The number of carbonyl (C=O) groups excluding carboxylic acids is 1. The highest BCUT2D eigenvalue weighted by Crippen LogP contribution is 2.27. The summed E-state index contributed by atoms with van der Waals surface area (Å²) < 4.78 is 5.25. The molecule has 6 heteroatoms. The Bertz CT molecular complexity index is 501. The van der Waals surface area contributed by atoms with Crippen molar-refractivity contribution in [1.82, 2.24) is 15.1 Å². The van der Waals surface area contributed by atoms with E-state index in [0.717, 1.165) is 32.0 Å². The quantitative estimate of drug-likeness (QED) is 0.806. The van der Waals surface area contributed by atoms with E-state index in [9.17, 15) is 9.90 Å². The van der Waals surface area contributed by atoms with E-state index in [1.807, 2.05) is 4.90 Å². The van der Waals surface area contributed by atoms with Crippen molar-refractivity contribution in [3.63, 3.8) is 0 Å². The number of rotatable bonds is 7. The maximum Gasteiger partial charge on any atom is 0.317 e. The van der Waals surface area contributed by atoms with Crippen LogP contribution >= 0.6 is 0 Å². The van der Waals surface area contributed by atoms with E-state index >= 15 is 0 Å². The third-order valence-electron chi connectivity index (χ3n) is 4.92. The third-order valence-corrected chi connectivity index (χ3v) is 4.92. The standard InChI is InChI=1S/C17H27N3O3/c1-19(13-6-7-13)10-8-18-17(22)20-9-2-4-14(20)12-15(21)16-5-3-11-23-16/h3,5,11,13-15,21H,2,4,6-10,12H2,1H3,(H,18,22)/t14-,15+/m1/s1. The molecular formula is C17H27N3O3. The van der Waals surface area contributed by atoms with Gasteiger partial charge in [-0.1, -0.05) is 0 Å². The van der Waals surface area contributed by atoms with Crippen LogP contribution in [0.1, 0.15) is 44.0 Å². The molecular weight excluding hydrogens is 294 g/mol. The van der Waals surface area contributed by atoms with E-state index in [1.54, 1.807) is 18.4 Å². The maximum atomic E-state index is 12.4. The molecule has 0 radical (unpaired) electrons. The van der Waals surface area contributed by atoms with Crippen LogP contribution in [-0.2, 0) is 0 Å². The summed E-state index contributed by atoms with van der Waals surface area (Å²) >= 11 is 0. The lowest BCUT2D eigenvalue weighted by Crippen LogP contribution is -2.45. The molecule has 1 aromatic rings. The van der Waals surface area contributed by atoms with Gasteiger partial charge in [0.2, 0.25) is 0 Å². The van der Waals surface area contributed by atoms with Crippen molar-refractivity contribution in [1.29, 1.82) is 0 Å². The van der Waals surface area contributed by atoms with Gasteiger partial charge >= 0.3 is 6.03 Å². The molecule has 2 atom stereocenters. The van der Waals surface area contributed by atoms with Gasteiger partial charge in [-0.25, -0.2) is 4.79 Å². The molecule has 2 N–H and O–H groups in total. The van der Waals surface area contributed by atoms with Gasteiger partial charge in [0.1, 0.15) is 11.9 Å². The fourth-order valence-corrected chi connectivity index (χ4v) is 3.34. The van der Waals surface area contributed by atoms with E-state index in [2.05, 4.69) is 17.3 Å². The molecule has 2 fully saturated rings. The first kappa shape index (κ1) is 16.3. The highest BCUT2D eigenvalue weighted by molar-refractivity contribution is 5.74. The molecule has 0 unspecified atom stereocenters. The third kappa shape index (κ3) is 4.26. The summed E-state index contributed by atoms with van der Waals surface area (Å²) in [6.45, 7) is 2.33. The number of likely N-dealkylation sites (tertiary alicyclic amines) is 1. The van der Waals surface area contributed by atoms with Crippen LogP contribution in [0.25, 0.3) is 0 Å². The Kier molecular flexibility index (Phi) is 5.23. The summed E-state index contributed by atoms with van der Waals surface area (Å²) in [4.78, 5) is 16.6. The second-order valence-electron chi connectivity index (χ2n) is 6.70. The highest BCUT2D eigenvalue weighted by atomic mass is 16.4. The van der Waals surface area contributed by atoms with Crippen molar-refractivity contribution in [2.45, 2.75) is 50.3 Å². The number of likely N-dealkylation sites (N-methyl/N-ethyl adjacent to an activating group) is 1. The first-order valence-corrected chi connectivity index (χ1v) is 8.61. The number of furan rings is 1. The Balaban J connectivity index is 1.44. The number of amides is 2. The summed E-state index contributed by atoms with van der Waals surface area (Å²) in [5.74, 6) is 0.573. The Morgan fingerprint density at radius 2 is 2.35 bits per heavy atom. The average molecular weight is 321 g/mol. The lowest BCUT2D eigenvalue weighted by molar-refractivity contribution is 0.107. The van der Waals surface area contributed by atoms with E-state index in [-0.39, 0.29) is 12.1 Å². The zero-order valence-corrected chi connectivity index (χ0v) is 13.8. The molecule has 0 bridgehead atoms. The molecule has 1 saturated carbocycles. The predicted octanol–water partition coefficient (Wildman–Crippen LogP) is 1.97. The van der Waals surface area contributed by atoms with Crippen molar-refractivity contribution in [3.8, 4) is 0 Å². The number of aliphatic hydroxyl groups is 1. The molecule has 2 heterocycles. The smallest absolute Gasteiger partial charge is 0.317 e. The first-order valence-electron chi connectivity index (χ1n) is 8.61. The molecule has 2 aliphatic rings. The van der Waals surface area contributed by atoms with Gasteiger partial charge in [0.15, 0.2) is 0 Å². The van der Waals surface area contributed by atoms with E-state index in [1.165, 1.54) is 12.8 Å². The van der Waals surface area contributed by atoms with Crippen LogP contribution < -0.4 is 5.32 Å². The molecule has 6 nitrogen and oxygen atoms in total. The zero-order valence-electron chi connectivity index (χ0n) is 13.8. The molecule has 1 aliphatic heterocycles. The van der Waals surface area contributed by atoms with Crippen LogP contribution in [0.5, 0.6) is 0 Å². The minimum absolute atomic E-state index is 0.0108. The number of urea groups is 1. The number of aliphatic hydroxyl groups excluding tert-OH is 1. The summed E-state index contributed by atoms with van der Waals surface area (Å²) in [5, 5.41) is 13.2. The summed E-state index contributed by atoms with van der Waals surface area (Å²) in [5.41, 5.74) is 0. The normalized spacial score (nSPS) is 22.6. The number of hydrogen-bond acceptors (Lipinski definition) is 4. The monoisotopic (exact) mass is 321 g/mol. The SMILES string of the molecule is CN(CCNC(=O)N1CCC[C@@H]1C[C@H](O)c1ccco1)C1CC1. The second kappa shape index (κ2) is 7.36. The number of nitrogens with one attached hydrogen (secondary N) is 1. The molecule has 1 aliphatic carbocycles. The van der Waals surface area contributed by atoms with E-state index in [4.69, 9.17) is 4.42 Å². The summed E-state index contributed by atoms with van der Waals surface area (Å²) in [7, 11) is 2.11. The molecule has 0 spiro atoms. The minimum Gasteiger partial charge on any atom is -0.467 e. The van der Waals surface area contributed by atoms with Crippen LogP contribution in [0.3, 0.4) is 0 Å². The van der Waals surface area contributed by atoms with Crippen LogP contribution in [0, 0.1) is 0 Å². The Labute approximate surface area is 137 Å². The van der Waals surface area contributed by atoms with Crippen molar-refractivity contribution in [3.05, 3.63) is 24.2 Å². The van der Waals surface area contributed by atoms with Gasteiger partial charge in [0.25, 0.3) is 0 Å². The number of carbonyl (C=O) groups is 1. The Hall–Kier alpha value is -1.53. The van der Waals surface area contributed by atoms with Crippen molar-refractivity contribution >= 4 is 6.03 Å². The molecule has 1 saturated heterocycles. The van der Waals surface area contributed by atoms with Crippen molar-refractivity contribution in [2.24, 2.45) is 0 Å². The van der Waals surface area contributed by atoms with Crippen LogP contribution in [0.15, 0.2) is 22.8 Å². The van der Waals surface area contributed by atoms with E-state index in [0.29, 0.717) is 18.7 Å². The minimum atomic E-state index is -0.649. The predicted molar refractivity (Wildman–Crippen MR) is 87.1 cm³/mol. The van der Waals surface area contributed by atoms with Crippen LogP contribution in [0.4, 0.5) is 4.79 Å². The van der Waals surface area contributed by atoms with Gasteiger partial charge in [-0.3, -0.25) is 0 Å². The number of hydrogen-bond donors (Lipinski definition) is 2. The van der Waals surface area contributed by atoms with Crippen LogP contribution in [0.2, 0.25) is 0 Å². The van der Waals surface area contributed by atoms with Gasteiger partial charge in [-0.2, -0.15) is 0 Å². The summed E-state index contributed by atoms with van der Waals surface area (Å²) in [6, 6.07) is 4.33. The van der Waals surface area contributed by atoms with Gasteiger partial charge in [0, 0.05) is 38.1 Å². The molecule has 2 amide bonds. The molecule has 3 rings (SSSR count). The molecule has 1 aromatic heterocycles. The second-order valence-corrected chi connectivity index (χ2v) is 6.70. The lowest BCUT2D eigenvalue weighted by Gasteiger charge is -2.27. The Morgan fingerprint density at radius 3 is 3.04 bits per heavy atom. The van der Waals surface area contributed by atoms with Crippen molar-refractivity contribution in [2.75, 3.05) is 26.7 Å². The molecule has 23 heavy (non-hydrogen) atoms. The van der Waals surface area contributed by atoms with Crippen molar-refractivity contribution < 1.29 is 14.3 Å². The first-order chi connectivity index (χ1) is 11.1. The number of nitrogens with zero attached hydrogens (tertiary/aromatic N) is 2. The fraction of sp³-hybridized carbons (Fsp3) is 0.706. The molecule has 0 aromatic carbocycles. The zero-order chi connectivity index (χ0) is 16.2. The lowest BCUT2D eigenvalue weighted by atomic mass is 10.1. The molecule has 128 valence electrons. The maximum absolute atomic E-state index is 12.4. The van der Waals surface area contributed by atoms with Crippen LogP contribution in [-0.4, -0.2) is 59.7 Å². The van der Waals surface area contributed by atoms with Gasteiger partial charge in [-0.05, 0) is 44.9 Å².